The van der Waals surface area contributed by atoms with Crippen molar-refractivity contribution in [3.8, 4) is 0 Å². The summed E-state index contributed by atoms with van der Waals surface area (Å²) in [5.41, 5.74) is 1.87. The molecule has 2 fully saturated rings. The number of allylic oxidation sites excluding steroid dienone is 3. The van der Waals surface area contributed by atoms with Gasteiger partial charge in [-0.3, -0.25) is 0 Å². The van der Waals surface area contributed by atoms with Gasteiger partial charge in [0.1, 0.15) is 0 Å². The quantitative estimate of drug-likeness (QED) is 0.657. The van der Waals surface area contributed by atoms with Crippen molar-refractivity contribution in [3.63, 3.8) is 0 Å². The van der Waals surface area contributed by atoms with E-state index in [2.05, 4.69) is 37.2 Å². The Bertz CT molecular complexity index is 365. The molecule has 4 unspecified atom stereocenters. The summed E-state index contributed by atoms with van der Waals surface area (Å²) in [6.07, 6.45) is 20.7. The maximum Gasteiger partial charge on any atom is 0.000991 e. The van der Waals surface area contributed by atoms with Gasteiger partial charge in [-0.05, 0) is 69.9 Å². The Hall–Kier alpha value is -0.560. The number of fused-ring (bicyclic) bond motifs is 2. The molecular weight excluding hydrogens is 254 g/mol. The van der Waals surface area contributed by atoms with Crippen molar-refractivity contribution in [2.24, 2.45) is 23.7 Å². The Balaban J connectivity index is 1.82. The summed E-state index contributed by atoms with van der Waals surface area (Å²) in [7, 11) is 4.39. The van der Waals surface area contributed by atoms with Crippen LogP contribution >= 0.6 is 0 Å². The van der Waals surface area contributed by atoms with Gasteiger partial charge in [0.2, 0.25) is 0 Å². The highest BCUT2D eigenvalue weighted by molar-refractivity contribution is 5.22. The van der Waals surface area contributed by atoms with E-state index in [1.165, 1.54) is 64.3 Å². The summed E-state index contributed by atoms with van der Waals surface area (Å²) >= 11 is 0. The molecule has 0 aromatic rings. The highest BCUT2D eigenvalue weighted by Crippen LogP contribution is 2.47. The van der Waals surface area contributed by atoms with Crippen LogP contribution in [-0.4, -0.2) is 25.5 Å². The van der Waals surface area contributed by atoms with Gasteiger partial charge < -0.3 is 4.90 Å². The van der Waals surface area contributed by atoms with Crippen LogP contribution in [0.3, 0.4) is 0 Å². The maximum absolute atomic E-state index is 2.67. The van der Waals surface area contributed by atoms with Crippen LogP contribution in [0, 0.1) is 23.7 Å². The fraction of sp³-hybridized carbons (Fsp3) is 0.800. The van der Waals surface area contributed by atoms with E-state index in [-0.39, 0.29) is 0 Å². The Morgan fingerprint density at radius 1 is 0.905 bits per heavy atom. The second-order valence-electron chi connectivity index (χ2n) is 7.79. The van der Waals surface area contributed by atoms with Crippen LogP contribution in [0.2, 0.25) is 0 Å². The molecule has 0 aromatic carbocycles. The first-order valence-corrected chi connectivity index (χ1v) is 9.28. The Morgan fingerprint density at radius 2 is 1.43 bits per heavy atom. The zero-order chi connectivity index (χ0) is 14.7. The molecule has 0 heterocycles. The molecule has 0 radical (unpaired) electrons. The van der Waals surface area contributed by atoms with Gasteiger partial charge in [0.25, 0.3) is 0 Å². The standard InChI is InChI=1S/C20H33N/c1-21(2)15-7-12-20-18-10-5-3-8-16(18)13-14-17-9-4-6-11-19(17)20/h12-14,16-19H,3-11,15H2,1-2H3. The van der Waals surface area contributed by atoms with E-state index in [1.54, 1.807) is 0 Å². The third-order valence-electron chi connectivity index (χ3n) is 6.06. The summed E-state index contributed by atoms with van der Waals surface area (Å²) in [6, 6.07) is 0. The number of hydrogen-bond acceptors (Lipinski definition) is 1. The van der Waals surface area contributed by atoms with Crippen molar-refractivity contribution >= 4 is 0 Å². The molecule has 3 aliphatic rings. The molecule has 1 nitrogen and oxygen atoms in total. The van der Waals surface area contributed by atoms with Gasteiger partial charge in [0.05, 0.1) is 0 Å². The molecular formula is C20H33N. The molecule has 3 rings (SSSR count). The molecule has 0 aromatic heterocycles. The zero-order valence-electron chi connectivity index (χ0n) is 14.1. The second-order valence-corrected chi connectivity index (χ2v) is 7.79. The van der Waals surface area contributed by atoms with Crippen LogP contribution in [0.25, 0.3) is 0 Å². The summed E-state index contributed by atoms with van der Waals surface area (Å²) < 4.78 is 0. The average Bonchev–Trinajstić information content (AvgIpc) is 2.65. The summed E-state index contributed by atoms with van der Waals surface area (Å²) in [6.45, 7) is 1.20. The van der Waals surface area contributed by atoms with Crippen molar-refractivity contribution in [1.82, 2.24) is 4.90 Å². The fourth-order valence-corrected chi connectivity index (χ4v) is 4.96. The Labute approximate surface area is 131 Å². The van der Waals surface area contributed by atoms with Crippen molar-refractivity contribution in [1.29, 1.82) is 0 Å². The first-order chi connectivity index (χ1) is 10.3. The van der Waals surface area contributed by atoms with Crippen molar-refractivity contribution in [2.45, 2.75) is 57.8 Å². The van der Waals surface area contributed by atoms with Crippen LogP contribution in [0.15, 0.2) is 23.8 Å². The average molecular weight is 287 g/mol. The van der Waals surface area contributed by atoms with Gasteiger partial charge in [0.15, 0.2) is 0 Å². The molecule has 0 amide bonds. The second kappa shape index (κ2) is 7.13. The lowest BCUT2D eigenvalue weighted by atomic mass is 9.68. The monoisotopic (exact) mass is 287 g/mol. The van der Waals surface area contributed by atoms with Gasteiger partial charge >= 0.3 is 0 Å². The van der Waals surface area contributed by atoms with Crippen LogP contribution in [-0.2, 0) is 0 Å². The van der Waals surface area contributed by atoms with Crippen LogP contribution in [0.4, 0.5) is 0 Å². The van der Waals surface area contributed by atoms with Crippen molar-refractivity contribution < 1.29 is 0 Å². The van der Waals surface area contributed by atoms with E-state index >= 15 is 0 Å². The lowest BCUT2D eigenvalue weighted by molar-refractivity contribution is 0.264. The van der Waals surface area contributed by atoms with Gasteiger partial charge in [-0.15, -0.1) is 0 Å². The molecule has 4 atom stereocenters. The number of nitrogens with zero attached hydrogens (tertiary/aromatic N) is 1. The van der Waals surface area contributed by atoms with Crippen molar-refractivity contribution in [3.05, 3.63) is 23.8 Å². The molecule has 3 aliphatic carbocycles. The van der Waals surface area contributed by atoms with E-state index < -0.39 is 0 Å². The molecule has 21 heavy (non-hydrogen) atoms. The van der Waals surface area contributed by atoms with Crippen molar-refractivity contribution in [2.75, 3.05) is 20.6 Å². The zero-order valence-corrected chi connectivity index (χ0v) is 14.1. The first kappa shape index (κ1) is 15.3. The van der Waals surface area contributed by atoms with E-state index in [0.717, 1.165) is 23.7 Å². The lowest BCUT2D eigenvalue weighted by Gasteiger charge is -2.37. The van der Waals surface area contributed by atoms with Crippen LogP contribution < -0.4 is 0 Å². The SMILES string of the molecule is CN(C)CCC=C1C2CCCCC2C=CC2CCCCC12. The maximum atomic E-state index is 2.67. The summed E-state index contributed by atoms with van der Waals surface area (Å²) in [5.74, 6) is 3.47. The molecule has 1 heteroatoms. The van der Waals surface area contributed by atoms with Crippen LogP contribution in [0.1, 0.15) is 57.8 Å². The molecule has 0 aliphatic heterocycles. The highest BCUT2D eigenvalue weighted by atomic mass is 15.0. The Morgan fingerprint density at radius 3 is 1.95 bits per heavy atom. The fourth-order valence-electron chi connectivity index (χ4n) is 4.96. The highest BCUT2D eigenvalue weighted by Gasteiger charge is 2.36. The molecule has 0 saturated heterocycles. The number of rotatable bonds is 3. The van der Waals surface area contributed by atoms with Gasteiger partial charge in [-0.25, -0.2) is 0 Å². The van der Waals surface area contributed by atoms with Gasteiger partial charge in [-0.1, -0.05) is 49.5 Å². The minimum atomic E-state index is 0.856. The molecule has 0 N–H and O–H groups in total. The molecule has 118 valence electrons. The summed E-state index contributed by atoms with van der Waals surface area (Å²) in [5, 5.41) is 0. The topological polar surface area (TPSA) is 3.24 Å². The minimum absolute atomic E-state index is 0.856. The largest absolute Gasteiger partial charge is 0.309 e. The Kier molecular flexibility index (Phi) is 5.21. The van der Waals surface area contributed by atoms with E-state index in [9.17, 15) is 0 Å². The minimum Gasteiger partial charge on any atom is -0.309 e. The predicted octanol–water partition coefficient (Wildman–Crippen LogP) is 5.05. The molecule has 0 spiro atoms. The van der Waals surface area contributed by atoms with E-state index in [4.69, 9.17) is 0 Å². The van der Waals surface area contributed by atoms with E-state index in [0.29, 0.717) is 0 Å². The normalized spacial score (nSPS) is 36.0. The lowest BCUT2D eigenvalue weighted by Crippen LogP contribution is -2.26. The predicted molar refractivity (Wildman–Crippen MR) is 91.3 cm³/mol. The van der Waals surface area contributed by atoms with Gasteiger partial charge in [0, 0.05) is 6.54 Å². The first-order valence-electron chi connectivity index (χ1n) is 9.28. The smallest absolute Gasteiger partial charge is 0.000991 e. The van der Waals surface area contributed by atoms with Crippen LogP contribution in [0.5, 0.6) is 0 Å². The summed E-state index contributed by atoms with van der Waals surface area (Å²) in [4.78, 5) is 2.32. The third kappa shape index (κ3) is 3.62. The molecule has 0 bridgehead atoms. The van der Waals surface area contributed by atoms with E-state index in [1.807, 2.05) is 5.57 Å². The van der Waals surface area contributed by atoms with Gasteiger partial charge in [-0.2, -0.15) is 0 Å². The molecule has 2 saturated carbocycles. The number of hydrogen-bond donors (Lipinski definition) is 0. The third-order valence-corrected chi connectivity index (χ3v) is 6.06.